The van der Waals surface area contributed by atoms with E-state index in [-0.39, 0.29) is 6.10 Å². The van der Waals surface area contributed by atoms with Crippen LogP contribution < -0.4 is 5.32 Å². The maximum absolute atomic E-state index is 5.96. The van der Waals surface area contributed by atoms with Gasteiger partial charge in [-0.3, -0.25) is 0 Å². The lowest BCUT2D eigenvalue weighted by atomic mass is 10.0. The van der Waals surface area contributed by atoms with E-state index in [1.165, 1.54) is 5.56 Å². The first-order valence-corrected chi connectivity index (χ1v) is 5.50. The van der Waals surface area contributed by atoms with E-state index < -0.39 is 0 Å². The third-order valence-electron chi connectivity index (χ3n) is 2.57. The largest absolute Gasteiger partial charge is 0.382 e. The lowest BCUT2D eigenvalue weighted by Gasteiger charge is -2.20. The average molecular weight is 228 g/mol. The quantitative estimate of drug-likeness (QED) is 0.835. The molecular formula is C12H18ClNO. The summed E-state index contributed by atoms with van der Waals surface area (Å²) in [5, 5.41) is 4.05. The van der Waals surface area contributed by atoms with E-state index in [2.05, 4.69) is 18.3 Å². The van der Waals surface area contributed by atoms with Crippen molar-refractivity contribution in [1.29, 1.82) is 0 Å². The van der Waals surface area contributed by atoms with Crippen LogP contribution in [0.5, 0.6) is 0 Å². The van der Waals surface area contributed by atoms with Crippen LogP contribution >= 0.6 is 11.6 Å². The summed E-state index contributed by atoms with van der Waals surface area (Å²) in [6, 6.07) is 8.22. The highest BCUT2D eigenvalue weighted by Crippen LogP contribution is 2.21. The molecule has 0 aliphatic rings. The van der Waals surface area contributed by atoms with Crippen molar-refractivity contribution >= 4 is 11.6 Å². The Hall–Kier alpha value is -0.570. The van der Waals surface area contributed by atoms with Crippen molar-refractivity contribution in [2.75, 3.05) is 14.2 Å². The standard InChI is InChI=1S/C12H18ClNO/c1-9(15-3)7-12(14-2)10-5-4-6-11(13)8-10/h4-6,8-9,12,14H,7H2,1-3H3. The van der Waals surface area contributed by atoms with E-state index >= 15 is 0 Å². The minimum atomic E-state index is 0.237. The smallest absolute Gasteiger partial charge is 0.0561 e. The number of rotatable bonds is 5. The molecule has 0 spiro atoms. The van der Waals surface area contributed by atoms with Crippen LogP contribution in [0.2, 0.25) is 5.02 Å². The van der Waals surface area contributed by atoms with Crippen molar-refractivity contribution < 1.29 is 4.74 Å². The summed E-state index contributed by atoms with van der Waals surface area (Å²) >= 11 is 5.96. The van der Waals surface area contributed by atoms with Gasteiger partial charge in [-0.15, -0.1) is 0 Å². The monoisotopic (exact) mass is 227 g/mol. The van der Waals surface area contributed by atoms with Crippen LogP contribution in [0.25, 0.3) is 0 Å². The SMILES string of the molecule is CNC(CC(C)OC)c1cccc(Cl)c1. The molecule has 84 valence electrons. The molecule has 15 heavy (non-hydrogen) atoms. The predicted molar refractivity (Wildman–Crippen MR) is 64.3 cm³/mol. The summed E-state index contributed by atoms with van der Waals surface area (Å²) in [6.45, 7) is 2.06. The molecule has 1 rings (SSSR count). The third-order valence-corrected chi connectivity index (χ3v) is 2.80. The Bertz CT molecular complexity index is 303. The van der Waals surface area contributed by atoms with Crippen LogP contribution in [0.15, 0.2) is 24.3 Å². The van der Waals surface area contributed by atoms with Crippen molar-refractivity contribution in [1.82, 2.24) is 5.32 Å². The molecule has 0 radical (unpaired) electrons. The van der Waals surface area contributed by atoms with Crippen LogP contribution in [0, 0.1) is 0 Å². The van der Waals surface area contributed by atoms with E-state index in [1.807, 2.05) is 25.2 Å². The fourth-order valence-electron chi connectivity index (χ4n) is 1.57. The van der Waals surface area contributed by atoms with Gasteiger partial charge in [-0.25, -0.2) is 0 Å². The number of benzene rings is 1. The highest BCUT2D eigenvalue weighted by Gasteiger charge is 2.13. The minimum Gasteiger partial charge on any atom is -0.382 e. The fraction of sp³-hybridized carbons (Fsp3) is 0.500. The van der Waals surface area contributed by atoms with Gasteiger partial charge in [-0.05, 0) is 38.1 Å². The molecular weight excluding hydrogens is 210 g/mol. The molecule has 0 fully saturated rings. The summed E-state index contributed by atoms with van der Waals surface area (Å²) in [7, 11) is 3.68. The second-order valence-corrected chi connectivity index (χ2v) is 4.11. The van der Waals surface area contributed by atoms with Crippen LogP contribution in [-0.4, -0.2) is 20.3 Å². The molecule has 3 heteroatoms. The minimum absolute atomic E-state index is 0.237. The van der Waals surface area contributed by atoms with Gasteiger partial charge >= 0.3 is 0 Å². The molecule has 0 aliphatic heterocycles. The predicted octanol–water partition coefficient (Wildman–Crippen LogP) is 3.03. The Morgan fingerprint density at radius 2 is 2.20 bits per heavy atom. The van der Waals surface area contributed by atoms with Gasteiger partial charge in [0, 0.05) is 18.2 Å². The first-order valence-electron chi connectivity index (χ1n) is 5.13. The summed E-state index contributed by atoms with van der Waals surface area (Å²) in [5.41, 5.74) is 1.20. The molecule has 0 heterocycles. The summed E-state index contributed by atoms with van der Waals surface area (Å²) in [4.78, 5) is 0. The molecule has 0 saturated carbocycles. The molecule has 0 saturated heterocycles. The van der Waals surface area contributed by atoms with Gasteiger partial charge in [-0.1, -0.05) is 23.7 Å². The molecule has 1 aromatic rings. The van der Waals surface area contributed by atoms with Crippen LogP contribution in [-0.2, 0) is 4.74 Å². The van der Waals surface area contributed by atoms with Crippen molar-refractivity contribution in [3.05, 3.63) is 34.9 Å². The fourth-order valence-corrected chi connectivity index (χ4v) is 1.77. The van der Waals surface area contributed by atoms with E-state index in [4.69, 9.17) is 16.3 Å². The Morgan fingerprint density at radius 3 is 2.73 bits per heavy atom. The van der Waals surface area contributed by atoms with Crippen molar-refractivity contribution in [2.24, 2.45) is 0 Å². The zero-order valence-corrected chi connectivity index (χ0v) is 10.2. The van der Waals surface area contributed by atoms with Crippen LogP contribution in [0.3, 0.4) is 0 Å². The van der Waals surface area contributed by atoms with E-state index in [9.17, 15) is 0 Å². The van der Waals surface area contributed by atoms with Crippen LogP contribution in [0.1, 0.15) is 24.9 Å². The van der Waals surface area contributed by atoms with Gasteiger partial charge in [0.2, 0.25) is 0 Å². The van der Waals surface area contributed by atoms with E-state index in [1.54, 1.807) is 7.11 Å². The van der Waals surface area contributed by atoms with Gasteiger partial charge in [0.05, 0.1) is 6.10 Å². The third kappa shape index (κ3) is 3.82. The number of halogens is 1. The Balaban J connectivity index is 2.73. The number of methoxy groups -OCH3 is 1. The summed E-state index contributed by atoms with van der Waals surface area (Å²) in [6.07, 6.45) is 1.18. The molecule has 2 atom stereocenters. The first-order chi connectivity index (χ1) is 7.17. The lowest BCUT2D eigenvalue weighted by Crippen LogP contribution is -2.21. The highest BCUT2D eigenvalue weighted by atomic mass is 35.5. The van der Waals surface area contributed by atoms with E-state index in [0.717, 1.165) is 11.4 Å². The molecule has 2 nitrogen and oxygen atoms in total. The Labute approximate surface area is 96.6 Å². The number of nitrogens with one attached hydrogen (secondary N) is 1. The zero-order valence-electron chi connectivity index (χ0n) is 9.46. The maximum atomic E-state index is 5.96. The normalized spacial score (nSPS) is 14.9. The molecule has 0 aromatic heterocycles. The number of hydrogen-bond acceptors (Lipinski definition) is 2. The summed E-state index contributed by atoms with van der Waals surface area (Å²) < 4.78 is 5.26. The molecule has 0 amide bonds. The van der Waals surface area contributed by atoms with Crippen molar-refractivity contribution in [2.45, 2.75) is 25.5 Å². The van der Waals surface area contributed by atoms with Crippen LogP contribution in [0.4, 0.5) is 0 Å². The Morgan fingerprint density at radius 1 is 1.47 bits per heavy atom. The number of hydrogen-bond donors (Lipinski definition) is 1. The molecule has 2 unspecified atom stereocenters. The topological polar surface area (TPSA) is 21.3 Å². The zero-order chi connectivity index (χ0) is 11.3. The Kier molecular flexibility index (Phi) is 5.09. The molecule has 0 aliphatic carbocycles. The second kappa shape index (κ2) is 6.11. The van der Waals surface area contributed by atoms with Gasteiger partial charge in [-0.2, -0.15) is 0 Å². The maximum Gasteiger partial charge on any atom is 0.0561 e. The van der Waals surface area contributed by atoms with Crippen molar-refractivity contribution in [3.63, 3.8) is 0 Å². The number of ether oxygens (including phenoxy) is 1. The lowest BCUT2D eigenvalue weighted by molar-refractivity contribution is 0.101. The molecule has 1 N–H and O–H groups in total. The second-order valence-electron chi connectivity index (χ2n) is 3.68. The van der Waals surface area contributed by atoms with Gasteiger partial charge in [0.25, 0.3) is 0 Å². The molecule has 1 aromatic carbocycles. The van der Waals surface area contributed by atoms with Gasteiger partial charge < -0.3 is 10.1 Å². The van der Waals surface area contributed by atoms with E-state index in [0.29, 0.717) is 6.04 Å². The summed E-state index contributed by atoms with van der Waals surface area (Å²) in [5.74, 6) is 0. The van der Waals surface area contributed by atoms with Crippen molar-refractivity contribution in [3.8, 4) is 0 Å². The average Bonchev–Trinajstić information content (AvgIpc) is 2.25. The molecule has 0 bridgehead atoms. The highest BCUT2D eigenvalue weighted by molar-refractivity contribution is 6.30. The van der Waals surface area contributed by atoms with Gasteiger partial charge in [0.15, 0.2) is 0 Å². The van der Waals surface area contributed by atoms with Gasteiger partial charge in [0.1, 0.15) is 0 Å². The first kappa shape index (κ1) is 12.5.